The zero-order chi connectivity index (χ0) is 19.7. The van der Waals surface area contributed by atoms with Crippen molar-refractivity contribution in [1.29, 1.82) is 0 Å². The Kier molecular flexibility index (Phi) is 16.6. The quantitative estimate of drug-likeness (QED) is 0.106. The number of hydrogen-bond acceptors (Lipinski definition) is 2. The highest BCUT2D eigenvalue weighted by atomic mass is 31.2. The van der Waals surface area contributed by atoms with Gasteiger partial charge in [-0.05, 0) is 26.2 Å². The fourth-order valence-corrected chi connectivity index (χ4v) is 4.27. The van der Waals surface area contributed by atoms with Crippen LogP contribution in [0.15, 0.2) is 12.2 Å². The number of rotatable bonds is 18. The third kappa shape index (κ3) is 20.0. The molecule has 3 heteroatoms. The predicted octanol–water partition coefficient (Wildman–Crippen LogP) is 7.47. The summed E-state index contributed by atoms with van der Waals surface area (Å²) >= 11 is 0. The lowest BCUT2D eigenvalue weighted by Gasteiger charge is -2.10. The molecular weight excluding hydrogens is 339 g/mol. The summed E-state index contributed by atoms with van der Waals surface area (Å²) in [6.45, 7) is 13.2. The summed E-state index contributed by atoms with van der Waals surface area (Å²) in [5.41, 5.74) is 0.492. The predicted molar refractivity (Wildman–Crippen MR) is 120 cm³/mol. The van der Waals surface area contributed by atoms with Gasteiger partial charge in [0.1, 0.15) is 0 Å². The van der Waals surface area contributed by atoms with Gasteiger partial charge in [-0.3, -0.25) is 0 Å². The Labute approximate surface area is 164 Å². The van der Waals surface area contributed by atoms with Crippen molar-refractivity contribution in [2.75, 3.05) is 32.8 Å². The number of esters is 1. The van der Waals surface area contributed by atoms with E-state index >= 15 is 0 Å². The van der Waals surface area contributed by atoms with Crippen LogP contribution in [0.1, 0.15) is 96.8 Å². The van der Waals surface area contributed by atoms with Crippen molar-refractivity contribution in [3.8, 4) is 0 Å². The van der Waals surface area contributed by atoms with E-state index in [2.05, 4.69) is 26.6 Å². The van der Waals surface area contributed by atoms with Crippen LogP contribution in [0.4, 0.5) is 0 Å². The Morgan fingerprint density at radius 2 is 1.04 bits per heavy atom. The zero-order valence-electron chi connectivity index (χ0n) is 18.3. The molecule has 0 N–H and O–H groups in total. The molecule has 0 fully saturated rings. The van der Waals surface area contributed by atoms with Crippen LogP contribution in [0.25, 0.3) is 0 Å². The van der Waals surface area contributed by atoms with E-state index in [1.165, 1.54) is 89.6 Å². The van der Waals surface area contributed by atoms with Crippen molar-refractivity contribution in [2.45, 2.75) is 96.8 Å². The summed E-state index contributed by atoms with van der Waals surface area (Å²) in [7, 11) is -0.535. The van der Waals surface area contributed by atoms with Gasteiger partial charge in [0.25, 0.3) is 0 Å². The maximum atomic E-state index is 11.2. The maximum Gasteiger partial charge on any atom is 0.333 e. The first kappa shape index (κ1) is 25.6. The van der Waals surface area contributed by atoms with Gasteiger partial charge in [0.2, 0.25) is 0 Å². The molecule has 0 aromatic heterocycles. The van der Waals surface area contributed by atoms with E-state index in [1.807, 2.05) is 0 Å². The van der Waals surface area contributed by atoms with Crippen LogP contribution in [-0.4, -0.2) is 38.7 Å². The molecule has 154 valence electrons. The maximum absolute atomic E-state index is 11.2. The van der Waals surface area contributed by atoms with Crippen molar-refractivity contribution in [3.63, 3.8) is 0 Å². The lowest BCUT2D eigenvalue weighted by atomic mass is 10.0. The molecule has 0 saturated carbocycles. The van der Waals surface area contributed by atoms with Gasteiger partial charge in [0.15, 0.2) is 0 Å². The largest absolute Gasteiger partial charge is 0.462 e. The van der Waals surface area contributed by atoms with Crippen molar-refractivity contribution in [3.05, 3.63) is 12.2 Å². The minimum atomic E-state index is -0.535. The fraction of sp³-hybridized carbons (Fsp3) is 0.870. The molecule has 0 aliphatic heterocycles. The van der Waals surface area contributed by atoms with Gasteiger partial charge in [0, 0.05) is 32.8 Å². The first-order valence-electron chi connectivity index (χ1n) is 11.0. The lowest BCUT2D eigenvalue weighted by Crippen LogP contribution is -2.05. The lowest BCUT2D eigenvalue weighted by molar-refractivity contribution is -0.139. The van der Waals surface area contributed by atoms with Gasteiger partial charge in [-0.1, -0.05) is 77.2 Å². The summed E-state index contributed by atoms with van der Waals surface area (Å²) in [5.74, 6) is -0.253. The molecule has 0 spiro atoms. The molecule has 0 bridgehead atoms. The molecule has 0 aromatic rings. The summed E-state index contributed by atoms with van der Waals surface area (Å²) in [4.78, 5) is 11.2. The third-order valence-electron chi connectivity index (χ3n) is 4.80. The Morgan fingerprint density at radius 1 is 0.692 bits per heavy atom. The van der Waals surface area contributed by atoms with Crippen LogP contribution < -0.4 is 0 Å². The van der Waals surface area contributed by atoms with Gasteiger partial charge >= 0.3 is 5.97 Å². The molecule has 0 aliphatic rings. The van der Waals surface area contributed by atoms with Crippen LogP contribution in [-0.2, 0) is 9.53 Å². The molecule has 0 aliphatic carbocycles. The number of carbonyl (C=O) groups is 1. The molecule has 26 heavy (non-hydrogen) atoms. The highest BCUT2D eigenvalue weighted by molar-refractivity contribution is 7.73. The molecule has 2 nitrogen and oxygen atoms in total. The summed E-state index contributed by atoms with van der Waals surface area (Å²) < 4.78 is 5.09. The van der Waals surface area contributed by atoms with E-state index in [0.717, 1.165) is 6.42 Å². The van der Waals surface area contributed by atoms with Gasteiger partial charge < -0.3 is 4.74 Å². The number of unbranched alkanes of at least 4 members (excludes halogenated alkanes) is 13. The van der Waals surface area contributed by atoms with Crippen molar-refractivity contribution >= 4 is 13.2 Å². The van der Waals surface area contributed by atoms with Crippen molar-refractivity contribution in [1.82, 2.24) is 0 Å². The molecule has 0 atom stereocenters. The Hall–Kier alpha value is -0.360. The number of hydrogen-bond donors (Lipinski definition) is 0. The number of carbonyl (C=O) groups excluding carboxylic acids is 1. The average Bonchev–Trinajstić information content (AvgIpc) is 2.56. The summed E-state index contributed by atoms with van der Waals surface area (Å²) in [6, 6.07) is 0. The van der Waals surface area contributed by atoms with E-state index in [-0.39, 0.29) is 5.97 Å². The third-order valence-corrected chi connectivity index (χ3v) is 6.46. The molecule has 0 heterocycles. The zero-order valence-corrected chi connectivity index (χ0v) is 19.2. The number of ether oxygens (including phenoxy) is 1. The average molecular weight is 386 g/mol. The molecular formula is C23H46O2P+. The van der Waals surface area contributed by atoms with E-state index in [0.29, 0.717) is 12.2 Å². The fourth-order valence-electron chi connectivity index (χ4n) is 3.10. The Balaban J connectivity index is 3.11. The van der Waals surface area contributed by atoms with Crippen LogP contribution in [0.3, 0.4) is 0 Å². The van der Waals surface area contributed by atoms with E-state index in [1.54, 1.807) is 6.92 Å². The SMILES string of the molecule is C=C(C)C(=O)OCCCCCCCCCCCCCCCC[P+](C)(C)C. The van der Waals surface area contributed by atoms with Crippen molar-refractivity contribution < 1.29 is 9.53 Å². The van der Waals surface area contributed by atoms with E-state index < -0.39 is 7.26 Å². The van der Waals surface area contributed by atoms with Crippen molar-refractivity contribution in [2.24, 2.45) is 0 Å². The normalized spacial score (nSPS) is 11.5. The smallest absolute Gasteiger partial charge is 0.333 e. The molecule has 0 radical (unpaired) electrons. The molecule has 0 rings (SSSR count). The van der Waals surface area contributed by atoms with Crippen LogP contribution in [0, 0.1) is 0 Å². The topological polar surface area (TPSA) is 26.3 Å². The monoisotopic (exact) mass is 385 g/mol. The van der Waals surface area contributed by atoms with E-state index in [9.17, 15) is 4.79 Å². The molecule has 0 aromatic carbocycles. The van der Waals surface area contributed by atoms with Gasteiger partial charge in [-0.15, -0.1) is 0 Å². The second-order valence-electron chi connectivity index (χ2n) is 8.88. The summed E-state index contributed by atoms with van der Waals surface area (Å²) in [5, 5.41) is 0. The first-order valence-corrected chi connectivity index (χ1v) is 14.3. The van der Waals surface area contributed by atoms with Crippen LogP contribution >= 0.6 is 7.26 Å². The highest BCUT2D eigenvalue weighted by Gasteiger charge is 2.15. The summed E-state index contributed by atoms with van der Waals surface area (Å²) in [6.07, 6.45) is 20.5. The standard InChI is InChI=1S/C23H46O2P/c1-22(2)23(24)25-20-18-16-14-12-10-8-6-7-9-11-13-15-17-19-21-26(3,4)5/h1,6-21H2,2-5H3/q+1. The minimum Gasteiger partial charge on any atom is -0.462 e. The Morgan fingerprint density at radius 3 is 1.38 bits per heavy atom. The second-order valence-corrected chi connectivity index (χ2v) is 13.9. The molecule has 0 saturated heterocycles. The highest BCUT2D eigenvalue weighted by Crippen LogP contribution is 2.47. The van der Waals surface area contributed by atoms with Crippen LogP contribution in [0.5, 0.6) is 0 Å². The minimum absolute atomic E-state index is 0.253. The van der Waals surface area contributed by atoms with Crippen LogP contribution in [0.2, 0.25) is 0 Å². The first-order chi connectivity index (χ1) is 12.3. The Bertz CT molecular complexity index is 358. The molecule has 0 unspecified atom stereocenters. The van der Waals surface area contributed by atoms with Gasteiger partial charge in [0.05, 0.1) is 12.8 Å². The van der Waals surface area contributed by atoms with Gasteiger partial charge in [-0.2, -0.15) is 0 Å². The second kappa shape index (κ2) is 16.8. The van der Waals surface area contributed by atoms with E-state index in [4.69, 9.17) is 4.74 Å². The molecule has 0 amide bonds. The van der Waals surface area contributed by atoms with Gasteiger partial charge in [-0.25, -0.2) is 4.79 Å².